The summed E-state index contributed by atoms with van der Waals surface area (Å²) in [6.07, 6.45) is -1.28. The van der Waals surface area contributed by atoms with E-state index in [1.165, 1.54) is 0 Å². The molecule has 2 aromatic rings. The van der Waals surface area contributed by atoms with Gasteiger partial charge in [0.25, 0.3) is 5.91 Å². The maximum absolute atomic E-state index is 12.4. The lowest BCUT2D eigenvalue weighted by Crippen LogP contribution is -2.44. The molecule has 2 saturated heterocycles. The highest BCUT2D eigenvalue weighted by atomic mass is 35.5. The van der Waals surface area contributed by atoms with E-state index in [4.69, 9.17) is 21.1 Å². The number of fused-ring (bicyclic) bond motifs is 2. The number of carbonyl (C=O) groups excluding carboxylic acids is 1. The number of rotatable bonds is 2. The molecule has 0 radical (unpaired) electrons. The summed E-state index contributed by atoms with van der Waals surface area (Å²) in [5.74, 6) is -0.244. The fourth-order valence-corrected chi connectivity index (χ4v) is 3.32. The van der Waals surface area contributed by atoms with Gasteiger partial charge in [-0.15, -0.1) is 0 Å². The van der Waals surface area contributed by atoms with Crippen molar-refractivity contribution in [3.63, 3.8) is 0 Å². The van der Waals surface area contributed by atoms with E-state index in [-0.39, 0.29) is 30.8 Å². The number of aliphatic hydroxyl groups excluding tert-OH is 1. The van der Waals surface area contributed by atoms with E-state index in [2.05, 4.69) is 10.3 Å². The van der Waals surface area contributed by atoms with Gasteiger partial charge in [0, 0.05) is 15.9 Å². The smallest absolute Gasteiger partial charge is 0.268 e. The molecule has 0 saturated carbocycles. The Balaban J connectivity index is 1.53. The maximum Gasteiger partial charge on any atom is 0.268 e. The molecular formula is C15H15ClN2O4. The average molecular weight is 323 g/mol. The molecule has 2 aliphatic rings. The van der Waals surface area contributed by atoms with E-state index in [1.807, 2.05) is 12.1 Å². The number of ether oxygens (including phenoxy) is 2. The van der Waals surface area contributed by atoms with Crippen LogP contribution in [0.2, 0.25) is 5.02 Å². The summed E-state index contributed by atoms with van der Waals surface area (Å²) in [5.41, 5.74) is 1.25. The standard InChI is InChI=1S/C15H15ClN2O4/c16-8-2-1-3-9-7(8)4-10(17-9)15(20)18-11-5-21-14-12(19)6-22-13(11)14/h1-4,11-14,17,19H,5-6H2,(H,18,20)/t11-,12+,13+,14+/m0/s1. The van der Waals surface area contributed by atoms with Gasteiger partial charge in [-0.05, 0) is 18.2 Å². The van der Waals surface area contributed by atoms with E-state index < -0.39 is 6.10 Å². The van der Waals surface area contributed by atoms with Crippen molar-refractivity contribution in [2.24, 2.45) is 0 Å². The van der Waals surface area contributed by atoms with Crippen LogP contribution in [-0.4, -0.2) is 53.6 Å². The van der Waals surface area contributed by atoms with Crippen molar-refractivity contribution in [2.75, 3.05) is 13.2 Å². The fourth-order valence-electron chi connectivity index (χ4n) is 3.09. The highest BCUT2D eigenvalue weighted by Crippen LogP contribution is 2.28. The first-order chi connectivity index (χ1) is 10.6. The van der Waals surface area contributed by atoms with Crippen LogP contribution < -0.4 is 5.32 Å². The topological polar surface area (TPSA) is 83.6 Å². The lowest BCUT2D eigenvalue weighted by Gasteiger charge is -2.16. The van der Waals surface area contributed by atoms with Gasteiger partial charge in [0.15, 0.2) is 0 Å². The molecule has 3 heterocycles. The second kappa shape index (κ2) is 5.24. The Bertz CT molecular complexity index is 731. The molecule has 0 aliphatic carbocycles. The lowest BCUT2D eigenvalue weighted by molar-refractivity contribution is 0.0178. The van der Waals surface area contributed by atoms with Gasteiger partial charge < -0.3 is 24.9 Å². The van der Waals surface area contributed by atoms with Crippen molar-refractivity contribution < 1.29 is 19.4 Å². The summed E-state index contributed by atoms with van der Waals surface area (Å²) in [6, 6.07) is 6.93. The van der Waals surface area contributed by atoms with Crippen molar-refractivity contribution in [1.82, 2.24) is 10.3 Å². The van der Waals surface area contributed by atoms with E-state index in [9.17, 15) is 9.90 Å². The Kier molecular flexibility index (Phi) is 3.34. The zero-order valence-electron chi connectivity index (χ0n) is 11.6. The number of aromatic nitrogens is 1. The van der Waals surface area contributed by atoms with Gasteiger partial charge >= 0.3 is 0 Å². The van der Waals surface area contributed by atoms with Crippen LogP contribution in [0.15, 0.2) is 24.3 Å². The van der Waals surface area contributed by atoms with Gasteiger partial charge in [-0.1, -0.05) is 17.7 Å². The molecule has 0 spiro atoms. The molecule has 0 bridgehead atoms. The average Bonchev–Trinajstić information content (AvgIpc) is 3.17. The predicted octanol–water partition coefficient (Wildman–Crippen LogP) is 1.08. The third-order valence-electron chi connectivity index (χ3n) is 4.20. The molecule has 0 unspecified atom stereocenters. The quantitative estimate of drug-likeness (QED) is 0.772. The van der Waals surface area contributed by atoms with Crippen LogP contribution in [0, 0.1) is 0 Å². The summed E-state index contributed by atoms with van der Waals surface area (Å²) in [5, 5.41) is 14.0. The third-order valence-corrected chi connectivity index (χ3v) is 4.53. The minimum Gasteiger partial charge on any atom is -0.388 e. The van der Waals surface area contributed by atoms with Crippen molar-refractivity contribution in [1.29, 1.82) is 0 Å². The van der Waals surface area contributed by atoms with Crippen molar-refractivity contribution in [3.05, 3.63) is 35.0 Å². The van der Waals surface area contributed by atoms with Gasteiger partial charge in [0.1, 0.15) is 24.0 Å². The van der Waals surface area contributed by atoms with Gasteiger partial charge in [-0.3, -0.25) is 4.79 Å². The van der Waals surface area contributed by atoms with Gasteiger partial charge in [0.2, 0.25) is 0 Å². The Morgan fingerprint density at radius 2 is 2.14 bits per heavy atom. The largest absolute Gasteiger partial charge is 0.388 e. The van der Waals surface area contributed by atoms with Crippen LogP contribution in [0.4, 0.5) is 0 Å². The molecular weight excluding hydrogens is 308 g/mol. The molecule has 4 rings (SSSR count). The van der Waals surface area contributed by atoms with E-state index in [0.29, 0.717) is 17.3 Å². The normalized spacial score (nSPS) is 30.6. The molecule has 22 heavy (non-hydrogen) atoms. The first-order valence-electron chi connectivity index (χ1n) is 7.13. The molecule has 2 aliphatic heterocycles. The van der Waals surface area contributed by atoms with Crippen LogP contribution in [0.5, 0.6) is 0 Å². The van der Waals surface area contributed by atoms with Crippen LogP contribution in [-0.2, 0) is 9.47 Å². The van der Waals surface area contributed by atoms with Crippen LogP contribution in [0.25, 0.3) is 10.9 Å². The first kappa shape index (κ1) is 14.0. The summed E-state index contributed by atoms with van der Waals surface area (Å²) in [4.78, 5) is 15.4. The zero-order valence-corrected chi connectivity index (χ0v) is 12.3. The van der Waals surface area contributed by atoms with Crippen LogP contribution >= 0.6 is 11.6 Å². The number of amides is 1. The van der Waals surface area contributed by atoms with E-state index >= 15 is 0 Å². The minimum absolute atomic E-state index is 0.240. The summed E-state index contributed by atoms with van der Waals surface area (Å²) < 4.78 is 11.0. The van der Waals surface area contributed by atoms with E-state index in [1.54, 1.807) is 12.1 Å². The van der Waals surface area contributed by atoms with Crippen molar-refractivity contribution in [2.45, 2.75) is 24.4 Å². The van der Waals surface area contributed by atoms with Gasteiger partial charge in [0.05, 0.1) is 19.3 Å². The highest BCUT2D eigenvalue weighted by Gasteiger charge is 2.47. The Hall–Kier alpha value is -1.60. The molecule has 2 fully saturated rings. The molecule has 1 aromatic carbocycles. The van der Waals surface area contributed by atoms with Crippen molar-refractivity contribution >= 4 is 28.4 Å². The molecule has 6 nitrogen and oxygen atoms in total. The third kappa shape index (κ3) is 2.19. The van der Waals surface area contributed by atoms with Crippen LogP contribution in [0.1, 0.15) is 10.5 Å². The number of H-pyrrole nitrogens is 1. The molecule has 1 amide bonds. The zero-order chi connectivity index (χ0) is 15.3. The SMILES string of the molecule is O=C(N[C@H]1CO[C@H]2[C@@H]1OC[C@H]2O)c1cc2c(Cl)cccc2[nH]1. The molecule has 4 atom stereocenters. The number of benzene rings is 1. The second-order valence-corrected chi connectivity index (χ2v) is 6.03. The molecule has 7 heteroatoms. The minimum atomic E-state index is -0.626. The predicted molar refractivity (Wildman–Crippen MR) is 80.0 cm³/mol. The summed E-state index contributed by atoms with van der Waals surface area (Å²) in [6.45, 7) is 0.572. The first-order valence-corrected chi connectivity index (χ1v) is 7.50. The Labute approximate surface area is 131 Å². The number of carbonyl (C=O) groups is 1. The number of hydrogen-bond acceptors (Lipinski definition) is 4. The Morgan fingerprint density at radius 3 is 2.95 bits per heavy atom. The molecule has 116 valence electrons. The number of halogens is 1. The summed E-state index contributed by atoms with van der Waals surface area (Å²) in [7, 11) is 0. The number of aromatic amines is 1. The van der Waals surface area contributed by atoms with Crippen LogP contribution in [0.3, 0.4) is 0 Å². The second-order valence-electron chi connectivity index (χ2n) is 5.63. The monoisotopic (exact) mass is 322 g/mol. The number of nitrogens with one attached hydrogen (secondary N) is 2. The Morgan fingerprint density at radius 1 is 1.32 bits per heavy atom. The fraction of sp³-hybridized carbons (Fsp3) is 0.400. The number of hydrogen-bond donors (Lipinski definition) is 3. The summed E-state index contributed by atoms with van der Waals surface area (Å²) >= 11 is 6.11. The maximum atomic E-state index is 12.4. The van der Waals surface area contributed by atoms with Gasteiger partial charge in [-0.2, -0.15) is 0 Å². The number of aliphatic hydroxyl groups is 1. The van der Waals surface area contributed by atoms with Crippen molar-refractivity contribution in [3.8, 4) is 0 Å². The molecule has 3 N–H and O–H groups in total. The molecule has 1 aromatic heterocycles. The lowest BCUT2D eigenvalue weighted by atomic mass is 10.1. The van der Waals surface area contributed by atoms with Gasteiger partial charge in [-0.25, -0.2) is 0 Å². The highest BCUT2D eigenvalue weighted by molar-refractivity contribution is 6.35. The van der Waals surface area contributed by atoms with E-state index in [0.717, 1.165) is 10.9 Å².